The summed E-state index contributed by atoms with van der Waals surface area (Å²) < 4.78 is 6.62. The third-order valence-electron chi connectivity index (χ3n) is 11.1. The van der Waals surface area contributed by atoms with Crippen LogP contribution < -0.4 is 5.32 Å². The Hall–Kier alpha value is -7.56. The quantitative estimate of drug-likeness (QED) is 0.185. The zero-order valence-corrected chi connectivity index (χ0v) is 30.9. The zero-order valence-electron chi connectivity index (χ0n) is 30.9. The Morgan fingerprint density at radius 1 is 0.386 bits per heavy atom. The molecule has 0 amide bonds. The Balaban J connectivity index is 1.07. The van der Waals surface area contributed by atoms with Gasteiger partial charge in [0.25, 0.3) is 0 Å². The second-order valence-electron chi connectivity index (χ2n) is 14.6. The van der Waals surface area contributed by atoms with E-state index in [1.807, 2.05) is 18.2 Å². The van der Waals surface area contributed by atoms with Crippen LogP contribution in [0, 0.1) is 0 Å². The Bertz CT molecular complexity index is 3200. The summed E-state index contributed by atoms with van der Waals surface area (Å²) in [5.74, 6) is 1.59. The number of hydrogen-bond donors (Lipinski definition) is 1. The number of furan rings is 1. The molecule has 268 valence electrons. The zero-order chi connectivity index (χ0) is 37.7. The van der Waals surface area contributed by atoms with E-state index in [1.54, 1.807) is 0 Å². The summed E-state index contributed by atoms with van der Waals surface area (Å²) in [6.45, 7) is 0. The van der Waals surface area contributed by atoms with Crippen molar-refractivity contribution in [3.8, 4) is 33.4 Å². The van der Waals surface area contributed by atoms with Gasteiger partial charge >= 0.3 is 0 Å². The van der Waals surface area contributed by atoms with E-state index < -0.39 is 6.17 Å². The van der Waals surface area contributed by atoms with E-state index in [0.717, 1.165) is 77.9 Å². The third kappa shape index (κ3) is 5.96. The first-order valence-electron chi connectivity index (χ1n) is 19.3. The molecule has 1 aliphatic rings. The van der Waals surface area contributed by atoms with Crippen LogP contribution in [0.4, 0.5) is 0 Å². The summed E-state index contributed by atoms with van der Waals surface area (Å²) >= 11 is 0. The number of nitrogens with zero attached hydrogens (tertiary/aromatic N) is 2. The number of aliphatic imine (C=N–C) groups is 2. The lowest BCUT2D eigenvalue weighted by Crippen LogP contribution is -2.36. The van der Waals surface area contributed by atoms with E-state index >= 15 is 0 Å². The molecule has 9 aromatic carbocycles. The lowest BCUT2D eigenvalue weighted by Gasteiger charge is -2.23. The Kier molecular flexibility index (Phi) is 7.85. The van der Waals surface area contributed by atoms with Crippen LogP contribution in [0.1, 0.15) is 22.9 Å². The highest BCUT2D eigenvalue weighted by Gasteiger charge is 2.23. The van der Waals surface area contributed by atoms with E-state index in [9.17, 15) is 0 Å². The first-order chi connectivity index (χ1) is 28.2. The van der Waals surface area contributed by atoms with Crippen molar-refractivity contribution in [3.05, 3.63) is 217 Å². The lowest BCUT2D eigenvalue weighted by molar-refractivity contribution is 0.669. The number of fused-ring (bicyclic) bond motifs is 5. The number of nitrogens with one attached hydrogen (secondary N) is 1. The van der Waals surface area contributed by atoms with Crippen molar-refractivity contribution in [2.75, 3.05) is 0 Å². The van der Waals surface area contributed by atoms with Crippen molar-refractivity contribution >= 4 is 55.2 Å². The molecule has 0 spiro atoms. The van der Waals surface area contributed by atoms with Crippen LogP contribution in [0.25, 0.3) is 76.9 Å². The molecule has 11 rings (SSSR count). The summed E-state index contributed by atoms with van der Waals surface area (Å²) in [6, 6.07) is 70.7. The minimum Gasteiger partial charge on any atom is -0.456 e. The second-order valence-corrected chi connectivity index (χ2v) is 14.6. The van der Waals surface area contributed by atoms with E-state index in [2.05, 4.69) is 187 Å². The fourth-order valence-corrected chi connectivity index (χ4v) is 8.24. The van der Waals surface area contributed by atoms with Crippen molar-refractivity contribution in [3.63, 3.8) is 0 Å². The SMILES string of the molecule is c1ccc(C2=NC(c3ccc(-c4c(-c5cccc(-c6ccccc6)c5)ccc5oc6cc7ccccc7cc6c45)cc3)N=C(c3ccc4ccccc4c3)N2)cc1. The molecular weight excluding hydrogens is 695 g/mol. The molecule has 0 saturated heterocycles. The monoisotopic (exact) mass is 729 g/mol. The van der Waals surface area contributed by atoms with Crippen molar-refractivity contribution in [1.82, 2.24) is 5.32 Å². The van der Waals surface area contributed by atoms with Crippen LogP contribution in [-0.4, -0.2) is 11.7 Å². The van der Waals surface area contributed by atoms with Gasteiger partial charge in [0, 0.05) is 27.5 Å². The number of amidine groups is 2. The van der Waals surface area contributed by atoms with Gasteiger partial charge in [-0.15, -0.1) is 0 Å². The smallest absolute Gasteiger partial charge is 0.169 e. The first kappa shape index (κ1) is 32.8. The largest absolute Gasteiger partial charge is 0.456 e. The summed E-state index contributed by atoms with van der Waals surface area (Å²) in [5, 5.41) is 10.5. The predicted octanol–water partition coefficient (Wildman–Crippen LogP) is 13.4. The van der Waals surface area contributed by atoms with Gasteiger partial charge in [-0.25, -0.2) is 9.98 Å². The first-order valence-corrected chi connectivity index (χ1v) is 19.3. The van der Waals surface area contributed by atoms with Gasteiger partial charge in [0.15, 0.2) is 6.17 Å². The molecule has 1 aromatic heterocycles. The highest BCUT2D eigenvalue weighted by molar-refractivity contribution is 6.19. The maximum Gasteiger partial charge on any atom is 0.169 e. The van der Waals surface area contributed by atoms with Crippen molar-refractivity contribution in [2.24, 2.45) is 9.98 Å². The summed E-state index contributed by atoms with van der Waals surface area (Å²) in [5.41, 5.74) is 11.7. The summed E-state index contributed by atoms with van der Waals surface area (Å²) in [7, 11) is 0. The Labute approximate surface area is 330 Å². The molecule has 4 nitrogen and oxygen atoms in total. The molecule has 0 aliphatic carbocycles. The minimum absolute atomic E-state index is 0.434. The predicted molar refractivity (Wildman–Crippen MR) is 237 cm³/mol. The van der Waals surface area contributed by atoms with Crippen LogP contribution in [0.3, 0.4) is 0 Å². The highest BCUT2D eigenvalue weighted by Crippen LogP contribution is 2.44. The molecule has 0 saturated carbocycles. The van der Waals surface area contributed by atoms with Crippen LogP contribution in [0.5, 0.6) is 0 Å². The van der Waals surface area contributed by atoms with Crippen LogP contribution in [-0.2, 0) is 0 Å². The molecule has 0 fully saturated rings. The summed E-state index contributed by atoms with van der Waals surface area (Å²) in [6.07, 6.45) is -0.434. The molecule has 10 aromatic rings. The highest BCUT2D eigenvalue weighted by atomic mass is 16.3. The van der Waals surface area contributed by atoms with Gasteiger partial charge in [-0.2, -0.15) is 0 Å². The molecule has 1 N–H and O–H groups in total. The lowest BCUT2D eigenvalue weighted by atomic mass is 9.89. The molecule has 1 aliphatic heterocycles. The van der Waals surface area contributed by atoms with Gasteiger partial charge in [-0.1, -0.05) is 170 Å². The Morgan fingerprint density at radius 2 is 0.982 bits per heavy atom. The van der Waals surface area contributed by atoms with Crippen LogP contribution >= 0.6 is 0 Å². The van der Waals surface area contributed by atoms with Crippen molar-refractivity contribution in [2.45, 2.75) is 6.17 Å². The molecule has 1 atom stereocenters. The molecule has 1 unspecified atom stereocenters. The van der Waals surface area contributed by atoms with Crippen molar-refractivity contribution < 1.29 is 4.42 Å². The van der Waals surface area contributed by atoms with E-state index in [1.165, 1.54) is 27.3 Å². The molecular formula is C53H35N3O. The maximum atomic E-state index is 6.62. The average molecular weight is 730 g/mol. The van der Waals surface area contributed by atoms with Crippen LogP contribution in [0.2, 0.25) is 0 Å². The molecule has 0 bridgehead atoms. The second kappa shape index (κ2) is 13.6. The van der Waals surface area contributed by atoms with Gasteiger partial charge < -0.3 is 9.73 Å². The standard InChI is InChI=1S/C53H35N3O/c1-3-12-34(13-4-1)40-20-11-21-43(30-40)45-28-29-47-50(46-32-41-18-9-10-19-42(41)33-48(46)57-47)49(45)36-23-25-38(26-24-36)52-54-51(37-15-5-2-6-16-37)55-53(56-52)44-27-22-35-14-7-8-17-39(35)31-44/h1-33,52H,(H,54,55,56). The number of hydrogen-bond acceptors (Lipinski definition) is 4. The normalized spacial score (nSPS) is 14.1. The summed E-state index contributed by atoms with van der Waals surface area (Å²) in [4.78, 5) is 10.4. The van der Waals surface area contributed by atoms with Gasteiger partial charge in [-0.3, -0.25) is 0 Å². The molecule has 57 heavy (non-hydrogen) atoms. The van der Waals surface area contributed by atoms with E-state index in [-0.39, 0.29) is 0 Å². The topological polar surface area (TPSA) is 49.9 Å². The number of rotatable bonds is 6. The van der Waals surface area contributed by atoms with Crippen LogP contribution in [0.15, 0.2) is 215 Å². The minimum atomic E-state index is -0.434. The van der Waals surface area contributed by atoms with Crippen molar-refractivity contribution in [1.29, 1.82) is 0 Å². The van der Waals surface area contributed by atoms with E-state index in [0.29, 0.717) is 0 Å². The molecule has 0 radical (unpaired) electrons. The van der Waals surface area contributed by atoms with Gasteiger partial charge in [0.2, 0.25) is 0 Å². The van der Waals surface area contributed by atoms with Gasteiger partial charge in [0.05, 0.1) is 0 Å². The van der Waals surface area contributed by atoms with Gasteiger partial charge in [-0.05, 0) is 85.3 Å². The fraction of sp³-hybridized carbons (Fsp3) is 0.0189. The molecule has 2 heterocycles. The maximum absolute atomic E-state index is 6.62. The number of benzene rings is 9. The van der Waals surface area contributed by atoms with E-state index in [4.69, 9.17) is 14.4 Å². The Morgan fingerprint density at radius 3 is 1.74 bits per heavy atom. The molecule has 4 heteroatoms. The fourth-order valence-electron chi connectivity index (χ4n) is 8.24. The van der Waals surface area contributed by atoms with Gasteiger partial charge in [0.1, 0.15) is 22.8 Å². The average Bonchev–Trinajstić information content (AvgIpc) is 3.65. The third-order valence-corrected chi connectivity index (χ3v) is 11.1.